The van der Waals surface area contributed by atoms with Gasteiger partial charge in [0.05, 0.1) is 0 Å². The lowest BCUT2D eigenvalue weighted by Crippen LogP contribution is -1.98. The van der Waals surface area contributed by atoms with Crippen molar-refractivity contribution in [1.82, 2.24) is 9.97 Å². The van der Waals surface area contributed by atoms with Crippen molar-refractivity contribution in [3.8, 4) is 0 Å². The van der Waals surface area contributed by atoms with Gasteiger partial charge in [0.1, 0.15) is 9.67 Å². The average Bonchev–Trinajstić information content (AvgIpc) is 1.96. The van der Waals surface area contributed by atoms with Crippen molar-refractivity contribution in [2.75, 3.05) is 12.0 Å². The maximum absolute atomic E-state index is 5.46. The smallest absolute Gasteiger partial charge is 0.199 e. The van der Waals surface area contributed by atoms with Gasteiger partial charge in [-0.05, 0) is 13.2 Å². The number of nitrogens with two attached hydrogens (primary N) is 1. The van der Waals surface area contributed by atoms with Gasteiger partial charge < -0.3 is 10.7 Å². The molecule has 0 spiro atoms. The summed E-state index contributed by atoms with van der Waals surface area (Å²) >= 11 is 6.55. The summed E-state index contributed by atoms with van der Waals surface area (Å²) in [5.41, 5.74) is 6.44. The normalized spacial score (nSPS) is 10.0. The minimum atomic E-state index is 0.380. The molecular formula is C6H9N3S2. The number of aromatic amines is 1. The Morgan fingerprint density at radius 3 is 2.82 bits per heavy atom. The van der Waals surface area contributed by atoms with E-state index in [1.807, 2.05) is 13.2 Å². The molecule has 60 valence electrons. The van der Waals surface area contributed by atoms with E-state index in [0.29, 0.717) is 10.6 Å². The van der Waals surface area contributed by atoms with Crippen LogP contribution in [0.25, 0.3) is 0 Å². The standard InChI is InChI=1S/C6H9N3S2/c1-3-4(10)8-6(7)9-5(3)11-2/h1-2H3,(H3,7,8,9,10). The number of hydrogen-bond donors (Lipinski definition) is 2. The molecule has 1 rings (SSSR count). The number of nitrogens with one attached hydrogen (secondary N) is 1. The van der Waals surface area contributed by atoms with Crippen LogP contribution in [0.2, 0.25) is 0 Å². The van der Waals surface area contributed by atoms with Gasteiger partial charge in [0.2, 0.25) is 0 Å². The second-order valence-electron chi connectivity index (χ2n) is 2.09. The minimum Gasteiger partial charge on any atom is -0.369 e. The molecular weight excluding hydrogens is 178 g/mol. The molecule has 0 saturated heterocycles. The van der Waals surface area contributed by atoms with Crippen molar-refractivity contribution in [3.05, 3.63) is 10.2 Å². The third kappa shape index (κ3) is 1.72. The van der Waals surface area contributed by atoms with Gasteiger partial charge in [-0.15, -0.1) is 11.8 Å². The van der Waals surface area contributed by atoms with Crippen molar-refractivity contribution in [2.45, 2.75) is 11.9 Å². The third-order valence-electron chi connectivity index (χ3n) is 1.32. The summed E-state index contributed by atoms with van der Waals surface area (Å²) in [5.74, 6) is 0.380. The molecule has 1 heterocycles. The van der Waals surface area contributed by atoms with Crippen molar-refractivity contribution in [3.63, 3.8) is 0 Å². The Bertz CT molecular complexity index is 318. The lowest BCUT2D eigenvalue weighted by Gasteiger charge is -2.01. The highest BCUT2D eigenvalue weighted by atomic mass is 32.2. The first-order chi connectivity index (χ1) is 5.15. The highest BCUT2D eigenvalue weighted by Crippen LogP contribution is 2.17. The molecule has 0 aliphatic heterocycles. The molecule has 0 aliphatic carbocycles. The van der Waals surface area contributed by atoms with Crippen LogP contribution in [-0.4, -0.2) is 16.2 Å². The maximum Gasteiger partial charge on any atom is 0.199 e. The van der Waals surface area contributed by atoms with E-state index in [-0.39, 0.29) is 0 Å². The van der Waals surface area contributed by atoms with Crippen molar-refractivity contribution in [2.24, 2.45) is 0 Å². The van der Waals surface area contributed by atoms with E-state index >= 15 is 0 Å². The van der Waals surface area contributed by atoms with E-state index < -0.39 is 0 Å². The molecule has 0 aliphatic rings. The van der Waals surface area contributed by atoms with Gasteiger partial charge >= 0.3 is 0 Å². The van der Waals surface area contributed by atoms with E-state index in [0.717, 1.165) is 10.6 Å². The molecule has 0 aromatic carbocycles. The summed E-state index contributed by atoms with van der Waals surface area (Å²) in [6.07, 6.45) is 1.95. The second kappa shape index (κ2) is 3.23. The summed E-state index contributed by atoms with van der Waals surface area (Å²) in [5, 5.41) is 0.895. The number of thioether (sulfide) groups is 1. The van der Waals surface area contributed by atoms with Crippen molar-refractivity contribution in [1.29, 1.82) is 0 Å². The topological polar surface area (TPSA) is 54.7 Å². The van der Waals surface area contributed by atoms with E-state index in [9.17, 15) is 0 Å². The number of nitrogen functional groups attached to an aromatic ring is 1. The Morgan fingerprint density at radius 2 is 2.27 bits per heavy atom. The lowest BCUT2D eigenvalue weighted by atomic mass is 10.4. The molecule has 1 aromatic heterocycles. The first kappa shape index (κ1) is 8.55. The predicted molar refractivity (Wildman–Crippen MR) is 50.4 cm³/mol. The summed E-state index contributed by atoms with van der Waals surface area (Å²) < 4.78 is 0.668. The maximum atomic E-state index is 5.46. The Kier molecular flexibility index (Phi) is 2.51. The molecule has 0 atom stereocenters. The predicted octanol–water partition coefficient (Wildman–Crippen LogP) is 1.75. The molecule has 0 fully saturated rings. The van der Waals surface area contributed by atoms with Gasteiger partial charge in [-0.3, -0.25) is 0 Å². The van der Waals surface area contributed by atoms with Crippen LogP contribution >= 0.6 is 24.0 Å². The zero-order valence-corrected chi connectivity index (χ0v) is 7.97. The van der Waals surface area contributed by atoms with E-state index in [4.69, 9.17) is 18.0 Å². The number of nitrogens with zero attached hydrogens (tertiary/aromatic N) is 1. The largest absolute Gasteiger partial charge is 0.369 e. The zero-order valence-electron chi connectivity index (χ0n) is 6.34. The Morgan fingerprint density at radius 1 is 1.64 bits per heavy atom. The first-order valence-corrected chi connectivity index (χ1v) is 4.69. The van der Waals surface area contributed by atoms with Crippen LogP contribution in [0.5, 0.6) is 0 Å². The molecule has 3 N–H and O–H groups in total. The average molecular weight is 187 g/mol. The number of H-pyrrole nitrogens is 1. The van der Waals surface area contributed by atoms with Gasteiger partial charge in [-0.1, -0.05) is 12.2 Å². The Labute approximate surface area is 74.4 Å². The number of anilines is 1. The highest BCUT2D eigenvalue weighted by Gasteiger charge is 2.00. The fraction of sp³-hybridized carbons (Fsp3) is 0.333. The SMILES string of the molecule is CSc1nc(N)[nH]c(=S)c1C. The molecule has 0 saturated carbocycles. The molecule has 5 heteroatoms. The fourth-order valence-corrected chi connectivity index (χ4v) is 1.59. The third-order valence-corrected chi connectivity index (χ3v) is 2.51. The van der Waals surface area contributed by atoms with Crippen LogP contribution < -0.4 is 5.73 Å². The Balaban J connectivity index is 3.36. The molecule has 0 amide bonds. The molecule has 0 bridgehead atoms. The van der Waals surface area contributed by atoms with E-state index in [1.165, 1.54) is 0 Å². The summed E-state index contributed by atoms with van der Waals surface area (Å²) in [6, 6.07) is 0. The summed E-state index contributed by atoms with van der Waals surface area (Å²) in [4.78, 5) is 6.85. The van der Waals surface area contributed by atoms with E-state index in [2.05, 4.69) is 9.97 Å². The zero-order chi connectivity index (χ0) is 8.43. The van der Waals surface area contributed by atoms with Crippen LogP contribution in [0.3, 0.4) is 0 Å². The molecule has 0 unspecified atom stereocenters. The van der Waals surface area contributed by atoms with E-state index in [1.54, 1.807) is 11.8 Å². The van der Waals surface area contributed by atoms with Crippen molar-refractivity contribution >= 4 is 29.9 Å². The van der Waals surface area contributed by atoms with Crippen molar-refractivity contribution < 1.29 is 0 Å². The van der Waals surface area contributed by atoms with Crippen LogP contribution in [-0.2, 0) is 0 Å². The number of hydrogen-bond acceptors (Lipinski definition) is 4. The van der Waals surface area contributed by atoms with Crippen LogP contribution in [0.4, 0.5) is 5.95 Å². The molecule has 3 nitrogen and oxygen atoms in total. The number of aromatic nitrogens is 2. The van der Waals surface area contributed by atoms with Gasteiger partial charge in [-0.25, -0.2) is 4.98 Å². The highest BCUT2D eigenvalue weighted by molar-refractivity contribution is 7.98. The molecule has 11 heavy (non-hydrogen) atoms. The van der Waals surface area contributed by atoms with Crippen LogP contribution in [0, 0.1) is 11.6 Å². The summed E-state index contributed by atoms with van der Waals surface area (Å²) in [6.45, 7) is 1.93. The van der Waals surface area contributed by atoms with Gasteiger partial charge in [0.15, 0.2) is 5.95 Å². The summed E-state index contributed by atoms with van der Waals surface area (Å²) in [7, 11) is 0. The minimum absolute atomic E-state index is 0.380. The monoisotopic (exact) mass is 187 g/mol. The number of rotatable bonds is 1. The van der Waals surface area contributed by atoms with Gasteiger partial charge in [-0.2, -0.15) is 0 Å². The van der Waals surface area contributed by atoms with Gasteiger partial charge in [0, 0.05) is 5.56 Å². The second-order valence-corrected chi connectivity index (χ2v) is 3.29. The fourth-order valence-electron chi connectivity index (χ4n) is 0.727. The Hall–Kier alpha value is -0.550. The quantitative estimate of drug-likeness (QED) is 0.399. The lowest BCUT2D eigenvalue weighted by molar-refractivity contribution is 1.01. The van der Waals surface area contributed by atoms with Crippen LogP contribution in [0.1, 0.15) is 5.56 Å². The van der Waals surface area contributed by atoms with Gasteiger partial charge in [0.25, 0.3) is 0 Å². The van der Waals surface area contributed by atoms with Crippen LogP contribution in [0.15, 0.2) is 5.03 Å². The molecule has 0 radical (unpaired) electrons. The first-order valence-electron chi connectivity index (χ1n) is 3.05. The molecule has 1 aromatic rings.